The molecule has 0 radical (unpaired) electrons. The van der Waals surface area contributed by atoms with E-state index >= 15 is 0 Å². The molecule has 0 bridgehead atoms. The topological polar surface area (TPSA) is 36.3 Å². The Balaban J connectivity index is 1.79. The highest BCUT2D eigenvalue weighted by Gasteiger charge is 2.37. The number of hydrogen-bond acceptors (Lipinski definition) is 3. The normalized spacial score (nSPS) is 17.0. The zero-order chi connectivity index (χ0) is 15.6. The number of hydrogen-bond donors (Lipinski definition) is 0. The Kier molecular flexibility index (Phi) is 4.32. The highest BCUT2D eigenvalue weighted by Crippen LogP contribution is 2.31. The largest absolute Gasteiger partial charge is 0.347 e. The summed E-state index contributed by atoms with van der Waals surface area (Å²) in [5.41, 5.74) is 5.29. The lowest BCUT2D eigenvalue weighted by Gasteiger charge is -2.29. The van der Waals surface area contributed by atoms with Crippen molar-refractivity contribution >= 4 is 0 Å². The Bertz CT molecular complexity index is 606. The average molecular weight is 300 g/mol. The molecule has 1 aliphatic heterocycles. The third-order valence-corrected chi connectivity index (χ3v) is 4.41. The molecule has 22 heavy (non-hydrogen) atoms. The molecule has 2 heterocycles. The Morgan fingerprint density at radius 3 is 2.41 bits per heavy atom. The maximum absolute atomic E-state index is 6.03. The number of rotatable bonds is 5. The van der Waals surface area contributed by atoms with E-state index in [-0.39, 0.29) is 0 Å². The number of ether oxygens (including phenoxy) is 2. The van der Waals surface area contributed by atoms with Crippen molar-refractivity contribution < 1.29 is 9.47 Å². The molecule has 2 aromatic rings. The van der Waals surface area contributed by atoms with Gasteiger partial charge >= 0.3 is 0 Å². The Labute approximate surface area is 132 Å². The minimum Gasteiger partial charge on any atom is -0.347 e. The molecular formula is C18H24N2O2. The van der Waals surface area contributed by atoms with Gasteiger partial charge in [-0.3, -0.25) is 0 Å². The first-order chi connectivity index (χ1) is 10.6. The van der Waals surface area contributed by atoms with Crippen LogP contribution < -0.4 is 0 Å². The van der Waals surface area contributed by atoms with Gasteiger partial charge in [-0.2, -0.15) is 0 Å². The van der Waals surface area contributed by atoms with Crippen molar-refractivity contribution in [1.29, 1.82) is 0 Å². The van der Waals surface area contributed by atoms with E-state index in [0.717, 1.165) is 19.4 Å². The van der Waals surface area contributed by atoms with E-state index in [1.54, 1.807) is 6.20 Å². The fourth-order valence-electron chi connectivity index (χ4n) is 3.31. The molecule has 0 spiro atoms. The summed E-state index contributed by atoms with van der Waals surface area (Å²) in [4.78, 5) is 4.09. The first kappa shape index (κ1) is 15.3. The molecule has 0 N–H and O–H groups in total. The van der Waals surface area contributed by atoms with Gasteiger partial charge in [-0.1, -0.05) is 17.7 Å². The molecule has 1 aromatic carbocycles. The van der Waals surface area contributed by atoms with Crippen LogP contribution in [0.2, 0.25) is 0 Å². The third-order valence-electron chi connectivity index (χ3n) is 4.41. The molecule has 0 saturated carbocycles. The van der Waals surface area contributed by atoms with E-state index in [1.807, 2.05) is 12.5 Å². The fraction of sp³-hybridized carbons (Fsp3) is 0.500. The highest BCUT2D eigenvalue weighted by molar-refractivity contribution is 5.38. The lowest BCUT2D eigenvalue weighted by Crippen LogP contribution is -2.35. The Morgan fingerprint density at radius 2 is 1.82 bits per heavy atom. The molecule has 1 saturated heterocycles. The van der Waals surface area contributed by atoms with Gasteiger partial charge in [0.05, 0.1) is 19.5 Å². The summed E-state index contributed by atoms with van der Waals surface area (Å²) in [6.45, 7) is 8.69. The van der Waals surface area contributed by atoms with Crippen LogP contribution in [0.15, 0.2) is 30.9 Å². The first-order valence-electron chi connectivity index (χ1n) is 7.88. The molecule has 0 aliphatic carbocycles. The van der Waals surface area contributed by atoms with Crippen LogP contribution in [0, 0.1) is 20.8 Å². The van der Waals surface area contributed by atoms with E-state index in [9.17, 15) is 0 Å². The van der Waals surface area contributed by atoms with Crippen molar-refractivity contribution in [3.63, 3.8) is 0 Å². The molecule has 0 unspecified atom stereocenters. The van der Waals surface area contributed by atoms with Crippen LogP contribution in [0.25, 0.3) is 0 Å². The van der Waals surface area contributed by atoms with Crippen molar-refractivity contribution in [2.45, 2.75) is 45.9 Å². The number of benzene rings is 1. The summed E-state index contributed by atoms with van der Waals surface area (Å²) in [7, 11) is 0. The summed E-state index contributed by atoms with van der Waals surface area (Å²) in [6, 6.07) is 4.47. The predicted octanol–water partition coefficient (Wildman–Crippen LogP) is 3.18. The second-order valence-electron chi connectivity index (χ2n) is 6.21. The lowest BCUT2D eigenvalue weighted by atomic mass is 9.92. The smallest absolute Gasteiger partial charge is 0.174 e. The number of nitrogens with zero attached hydrogens (tertiary/aromatic N) is 2. The number of aromatic nitrogens is 2. The molecule has 1 fully saturated rings. The zero-order valence-electron chi connectivity index (χ0n) is 13.6. The first-order valence-corrected chi connectivity index (χ1v) is 7.88. The maximum Gasteiger partial charge on any atom is 0.174 e. The monoisotopic (exact) mass is 300 g/mol. The van der Waals surface area contributed by atoms with Gasteiger partial charge in [-0.05, 0) is 37.5 Å². The molecule has 1 aromatic heterocycles. The number of imidazole rings is 1. The second kappa shape index (κ2) is 6.23. The van der Waals surface area contributed by atoms with Gasteiger partial charge < -0.3 is 14.0 Å². The lowest BCUT2D eigenvalue weighted by molar-refractivity contribution is -0.162. The summed E-state index contributed by atoms with van der Waals surface area (Å²) >= 11 is 0. The van der Waals surface area contributed by atoms with E-state index in [4.69, 9.17) is 9.47 Å². The average Bonchev–Trinajstić information content (AvgIpc) is 3.13. The van der Waals surface area contributed by atoms with Crippen molar-refractivity contribution in [3.05, 3.63) is 53.1 Å². The van der Waals surface area contributed by atoms with Crippen LogP contribution in [0.5, 0.6) is 0 Å². The molecule has 0 atom stereocenters. The number of aryl methyl sites for hydroxylation is 4. The van der Waals surface area contributed by atoms with Gasteiger partial charge in [0.2, 0.25) is 0 Å². The Morgan fingerprint density at radius 1 is 1.14 bits per heavy atom. The molecule has 4 nitrogen and oxygen atoms in total. The SMILES string of the molecule is Cc1cc(C)c(CC2(CCn3ccnc3)OCCO2)c(C)c1. The van der Waals surface area contributed by atoms with Crippen molar-refractivity contribution in [3.8, 4) is 0 Å². The summed E-state index contributed by atoms with van der Waals surface area (Å²) < 4.78 is 14.1. The molecule has 118 valence electrons. The molecular weight excluding hydrogens is 276 g/mol. The van der Waals surface area contributed by atoms with Crippen LogP contribution in [0.3, 0.4) is 0 Å². The standard InChI is InChI=1S/C18H24N2O2/c1-14-10-15(2)17(16(3)11-14)12-18(21-8-9-22-18)4-6-20-7-5-19-13-20/h5,7,10-11,13H,4,6,8-9,12H2,1-3H3. The van der Waals surface area contributed by atoms with Crippen LogP contribution in [0.1, 0.15) is 28.7 Å². The molecule has 3 rings (SSSR count). The van der Waals surface area contributed by atoms with Crippen molar-refractivity contribution in [2.75, 3.05) is 13.2 Å². The summed E-state index contributed by atoms with van der Waals surface area (Å²) in [5, 5.41) is 0. The van der Waals surface area contributed by atoms with Crippen LogP contribution in [-0.2, 0) is 22.4 Å². The van der Waals surface area contributed by atoms with Gasteiger partial charge in [-0.15, -0.1) is 0 Å². The van der Waals surface area contributed by atoms with Gasteiger partial charge in [0.25, 0.3) is 0 Å². The quantitative estimate of drug-likeness (QED) is 0.851. The Hall–Kier alpha value is -1.65. The van der Waals surface area contributed by atoms with Crippen LogP contribution in [-0.4, -0.2) is 28.6 Å². The zero-order valence-corrected chi connectivity index (χ0v) is 13.6. The highest BCUT2D eigenvalue weighted by atomic mass is 16.7. The van der Waals surface area contributed by atoms with Crippen molar-refractivity contribution in [2.24, 2.45) is 0 Å². The molecule has 0 amide bonds. The fourth-order valence-corrected chi connectivity index (χ4v) is 3.31. The van der Waals surface area contributed by atoms with Gasteiger partial charge in [0.1, 0.15) is 0 Å². The molecule has 1 aliphatic rings. The predicted molar refractivity (Wildman–Crippen MR) is 85.8 cm³/mol. The minimum absolute atomic E-state index is 0.505. The van der Waals surface area contributed by atoms with Gasteiger partial charge in [0.15, 0.2) is 5.79 Å². The van der Waals surface area contributed by atoms with E-state index in [0.29, 0.717) is 13.2 Å². The van der Waals surface area contributed by atoms with Crippen LogP contribution in [0.4, 0.5) is 0 Å². The van der Waals surface area contributed by atoms with Gasteiger partial charge in [-0.25, -0.2) is 4.98 Å². The summed E-state index contributed by atoms with van der Waals surface area (Å²) in [6.07, 6.45) is 7.25. The minimum atomic E-state index is -0.505. The van der Waals surface area contributed by atoms with Crippen molar-refractivity contribution in [1.82, 2.24) is 9.55 Å². The van der Waals surface area contributed by atoms with E-state index < -0.39 is 5.79 Å². The molecule has 4 heteroatoms. The van der Waals surface area contributed by atoms with Crippen LogP contribution >= 0.6 is 0 Å². The second-order valence-corrected chi connectivity index (χ2v) is 6.21. The maximum atomic E-state index is 6.03. The third kappa shape index (κ3) is 3.23. The van der Waals surface area contributed by atoms with E-state index in [1.165, 1.54) is 22.3 Å². The van der Waals surface area contributed by atoms with E-state index in [2.05, 4.69) is 42.5 Å². The van der Waals surface area contributed by atoms with Gasteiger partial charge in [0, 0.05) is 31.8 Å². The summed E-state index contributed by atoms with van der Waals surface area (Å²) in [5.74, 6) is -0.505.